The Morgan fingerprint density at radius 1 is 1.56 bits per heavy atom. The van der Waals surface area contributed by atoms with Gasteiger partial charge in [-0.25, -0.2) is 9.18 Å². The first-order chi connectivity index (χ1) is 7.66. The van der Waals surface area contributed by atoms with Crippen molar-refractivity contribution in [1.29, 1.82) is 0 Å². The summed E-state index contributed by atoms with van der Waals surface area (Å²) in [5, 5.41) is 2.68. The van der Waals surface area contributed by atoms with Gasteiger partial charge in [0.1, 0.15) is 5.82 Å². The van der Waals surface area contributed by atoms with E-state index in [1.165, 1.54) is 18.2 Å². The number of carbonyl (C=O) groups is 1. The lowest BCUT2D eigenvalue weighted by atomic mass is 10.3. The van der Waals surface area contributed by atoms with Crippen LogP contribution in [0.25, 0.3) is 0 Å². The Bertz CT molecular complexity index is 410. The SMILES string of the molecule is O=C(Nc1ccc(F)c(Cl)c1)N1CCSC1. The van der Waals surface area contributed by atoms with Crippen molar-refractivity contribution in [2.24, 2.45) is 0 Å². The fraction of sp³-hybridized carbons (Fsp3) is 0.300. The van der Waals surface area contributed by atoms with Gasteiger partial charge in [-0.3, -0.25) is 0 Å². The molecule has 0 spiro atoms. The number of urea groups is 1. The molecule has 2 amide bonds. The molecule has 0 bridgehead atoms. The normalized spacial score (nSPS) is 15.2. The number of nitrogens with one attached hydrogen (secondary N) is 1. The average molecular weight is 261 g/mol. The Morgan fingerprint density at radius 3 is 3.00 bits per heavy atom. The standard InChI is InChI=1S/C10H10ClFN2OS/c11-8-5-7(1-2-9(8)12)13-10(15)14-3-4-16-6-14/h1-2,5H,3-4,6H2,(H,13,15). The van der Waals surface area contributed by atoms with Crippen molar-refractivity contribution < 1.29 is 9.18 Å². The Labute approximate surface area is 102 Å². The van der Waals surface area contributed by atoms with Gasteiger partial charge in [-0.1, -0.05) is 11.6 Å². The maximum Gasteiger partial charge on any atom is 0.322 e. The molecule has 2 rings (SSSR count). The van der Waals surface area contributed by atoms with Crippen molar-refractivity contribution >= 4 is 35.1 Å². The van der Waals surface area contributed by atoms with E-state index < -0.39 is 5.82 Å². The molecule has 86 valence electrons. The first-order valence-corrected chi connectivity index (χ1v) is 6.29. The predicted molar refractivity (Wildman–Crippen MR) is 64.5 cm³/mol. The molecule has 1 aromatic rings. The third-order valence-corrected chi connectivity index (χ3v) is 3.47. The van der Waals surface area contributed by atoms with Crippen LogP contribution in [0.5, 0.6) is 0 Å². The average Bonchev–Trinajstić information content (AvgIpc) is 2.77. The Kier molecular flexibility index (Phi) is 3.56. The van der Waals surface area contributed by atoms with Crippen LogP contribution < -0.4 is 5.32 Å². The molecular weight excluding hydrogens is 251 g/mol. The number of amides is 2. The molecular formula is C10H10ClFN2OS. The highest BCUT2D eigenvalue weighted by atomic mass is 35.5. The number of nitrogens with zero attached hydrogens (tertiary/aromatic N) is 1. The van der Waals surface area contributed by atoms with Gasteiger partial charge >= 0.3 is 6.03 Å². The summed E-state index contributed by atoms with van der Waals surface area (Å²) in [4.78, 5) is 13.4. The van der Waals surface area contributed by atoms with E-state index in [0.29, 0.717) is 11.6 Å². The minimum Gasteiger partial charge on any atom is -0.314 e. The van der Waals surface area contributed by atoms with Crippen LogP contribution in [0.4, 0.5) is 14.9 Å². The molecule has 1 aliphatic heterocycles. The van der Waals surface area contributed by atoms with Crippen molar-refractivity contribution in [1.82, 2.24) is 4.90 Å². The smallest absolute Gasteiger partial charge is 0.314 e. The minimum atomic E-state index is -0.489. The summed E-state index contributed by atoms with van der Waals surface area (Å²) in [7, 11) is 0. The molecule has 3 nitrogen and oxygen atoms in total. The molecule has 6 heteroatoms. The van der Waals surface area contributed by atoms with E-state index in [-0.39, 0.29) is 11.1 Å². The lowest BCUT2D eigenvalue weighted by Gasteiger charge is -2.15. The van der Waals surface area contributed by atoms with Crippen LogP contribution in [0.2, 0.25) is 5.02 Å². The van der Waals surface area contributed by atoms with Gasteiger partial charge in [0.25, 0.3) is 0 Å². The van der Waals surface area contributed by atoms with Crippen molar-refractivity contribution in [2.45, 2.75) is 0 Å². The van der Waals surface area contributed by atoms with E-state index in [1.54, 1.807) is 16.7 Å². The van der Waals surface area contributed by atoms with Crippen LogP contribution >= 0.6 is 23.4 Å². The van der Waals surface area contributed by atoms with E-state index in [4.69, 9.17) is 11.6 Å². The van der Waals surface area contributed by atoms with Gasteiger partial charge in [0.15, 0.2) is 0 Å². The van der Waals surface area contributed by atoms with Crippen molar-refractivity contribution in [2.75, 3.05) is 23.5 Å². The zero-order valence-corrected chi connectivity index (χ0v) is 9.95. The molecule has 0 aromatic heterocycles. The van der Waals surface area contributed by atoms with E-state index in [9.17, 15) is 9.18 Å². The molecule has 1 heterocycles. The maximum atomic E-state index is 12.9. The number of rotatable bonds is 1. The van der Waals surface area contributed by atoms with Crippen LogP contribution in [0.15, 0.2) is 18.2 Å². The minimum absolute atomic E-state index is 0.00796. The predicted octanol–water partition coefficient (Wildman–Crippen LogP) is 3.02. The molecule has 1 saturated heterocycles. The summed E-state index contributed by atoms with van der Waals surface area (Å²) in [6, 6.07) is 3.95. The number of anilines is 1. The van der Waals surface area contributed by atoms with Crippen LogP contribution in [-0.2, 0) is 0 Å². The van der Waals surface area contributed by atoms with Crippen LogP contribution in [-0.4, -0.2) is 29.1 Å². The second-order valence-electron chi connectivity index (χ2n) is 3.36. The highest BCUT2D eigenvalue weighted by Gasteiger charge is 2.18. The first-order valence-electron chi connectivity index (χ1n) is 4.75. The summed E-state index contributed by atoms with van der Waals surface area (Å²) in [6.45, 7) is 0.741. The lowest BCUT2D eigenvalue weighted by Crippen LogP contribution is -2.32. The van der Waals surface area contributed by atoms with Gasteiger partial charge in [-0.05, 0) is 18.2 Å². The van der Waals surface area contributed by atoms with Gasteiger partial charge in [-0.15, -0.1) is 11.8 Å². The van der Waals surface area contributed by atoms with Crippen LogP contribution in [0.1, 0.15) is 0 Å². The summed E-state index contributed by atoms with van der Waals surface area (Å²) in [6.07, 6.45) is 0. The molecule has 16 heavy (non-hydrogen) atoms. The number of hydrogen-bond donors (Lipinski definition) is 1. The van der Waals surface area contributed by atoms with Gasteiger partial charge in [-0.2, -0.15) is 0 Å². The van der Waals surface area contributed by atoms with Gasteiger partial charge in [0, 0.05) is 18.0 Å². The Balaban J connectivity index is 2.02. The Morgan fingerprint density at radius 2 is 2.38 bits per heavy atom. The largest absolute Gasteiger partial charge is 0.322 e. The fourth-order valence-corrected chi connectivity index (χ4v) is 2.48. The van der Waals surface area contributed by atoms with Crippen LogP contribution in [0.3, 0.4) is 0 Å². The third-order valence-electron chi connectivity index (χ3n) is 2.21. The molecule has 0 unspecified atom stereocenters. The summed E-state index contributed by atoms with van der Waals surface area (Å²) in [5.74, 6) is 1.16. The Hall–Kier alpha value is -0.940. The molecule has 0 radical (unpaired) electrons. The highest BCUT2D eigenvalue weighted by molar-refractivity contribution is 7.99. The number of carbonyl (C=O) groups excluding carboxylic acids is 1. The van der Waals surface area contributed by atoms with E-state index in [0.717, 1.165) is 12.3 Å². The van der Waals surface area contributed by atoms with Gasteiger partial charge in [0.05, 0.1) is 10.9 Å². The van der Waals surface area contributed by atoms with E-state index >= 15 is 0 Å². The van der Waals surface area contributed by atoms with Crippen molar-refractivity contribution in [3.05, 3.63) is 29.0 Å². The van der Waals surface area contributed by atoms with Crippen molar-refractivity contribution in [3.63, 3.8) is 0 Å². The summed E-state index contributed by atoms with van der Waals surface area (Å²) in [5.41, 5.74) is 0.508. The molecule has 1 aromatic carbocycles. The topological polar surface area (TPSA) is 32.3 Å². The molecule has 1 aliphatic rings. The number of hydrogen-bond acceptors (Lipinski definition) is 2. The highest BCUT2D eigenvalue weighted by Crippen LogP contribution is 2.20. The number of halogens is 2. The molecule has 0 atom stereocenters. The number of benzene rings is 1. The van der Waals surface area contributed by atoms with E-state index in [2.05, 4.69) is 5.32 Å². The monoisotopic (exact) mass is 260 g/mol. The molecule has 1 fully saturated rings. The van der Waals surface area contributed by atoms with E-state index in [1.807, 2.05) is 0 Å². The quantitative estimate of drug-likeness (QED) is 0.842. The zero-order chi connectivity index (χ0) is 11.5. The van der Waals surface area contributed by atoms with Crippen LogP contribution in [0, 0.1) is 5.82 Å². The maximum absolute atomic E-state index is 12.9. The van der Waals surface area contributed by atoms with Gasteiger partial charge in [0.2, 0.25) is 0 Å². The van der Waals surface area contributed by atoms with Gasteiger partial charge < -0.3 is 10.2 Å². The molecule has 0 aliphatic carbocycles. The van der Waals surface area contributed by atoms with Crippen molar-refractivity contribution in [3.8, 4) is 0 Å². The second kappa shape index (κ2) is 4.93. The summed E-state index contributed by atoms with van der Waals surface area (Å²) >= 11 is 7.32. The second-order valence-corrected chi connectivity index (χ2v) is 4.84. The molecule has 0 saturated carbocycles. The first kappa shape index (κ1) is 11.5. The molecule has 1 N–H and O–H groups in total. The number of thioether (sulfide) groups is 1. The zero-order valence-electron chi connectivity index (χ0n) is 8.37. The lowest BCUT2D eigenvalue weighted by molar-refractivity contribution is 0.225. The fourth-order valence-electron chi connectivity index (χ4n) is 1.35. The summed E-state index contributed by atoms with van der Waals surface area (Å²) < 4.78 is 12.9. The third kappa shape index (κ3) is 2.59.